The van der Waals surface area contributed by atoms with E-state index in [1.807, 2.05) is 31.7 Å². The van der Waals surface area contributed by atoms with E-state index in [1.165, 1.54) is 7.05 Å². The number of aromatic amines is 1. The molecule has 47 heavy (non-hydrogen) atoms. The van der Waals surface area contributed by atoms with E-state index in [1.54, 1.807) is 0 Å². The Morgan fingerprint density at radius 1 is 1.04 bits per heavy atom. The van der Waals surface area contributed by atoms with Crippen LogP contribution >= 0.6 is 0 Å². The lowest BCUT2D eigenvalue weighted by molar-refractivity contribution is -0.140. The Morgan fingerprint density at radius 3 is 2.45 bits per heavy atom. The number of aromatic nitrogens is 2. The summed E-state index contributed by atoms with van der Waals surface area (Å²) in [5.74, 6) is 1.15. The zero-order valence-electron chi connectivity index (χ0n) is 28.4. The summed E-state index contributed by atoms with van der Waals surface area (Å²) < 4.78 is 18.9. The molecule has 0 radical (unpaired) electrons. The Bertz CT molecular complexity index is 1900. The molecule has 0 spiro atoms. The second-order valence-corrected chi connectivity index (χ2v) is 14.7. The van der Waals surface area contributed by atoms with Crippen molar-refractivity contribution in [2.45, 2.75) is 97.2 Å². The van der Waals surface area contributed by atoms with Crippen LogP contribution in [0.3, 0.4) is 0 Å². The lowest BCUT2D eigenvalue weighted by Gasteiger charge is -2.36. The molecule has 3 aromatic carbocycles. The van der Waals surface area contributed by atoms with Gasteiger partial charge < -0.3 is 29.0 Å². The maximum atomic E-state index is 13.9. The number of rotatable bonds is 5. The number of hydrogen-bond acceptors (Lipinski definition) is 6. The van der Waals surface area contributed by atoms with Gasteiger partial charge in [0.1, 0.15) is 24.2 Å². The van der Waals surface area contributed by atoms with Crippen molar-refractivity contribution in [3.63, 3.8) is 0 Å². The third kappa shape index (κ3) is 5.06. The van der Waals surface area contributed by atoms with E-state index < -0.39 is 30.5 Å². The molecule has 3 atom stereocenters. The first-order valence-electron chi connectivity index (χ1n) is 16.5. The molecular formula is C36H43BN4O6. The monoisotopic (exact) mass is 638 g/mol. The SMILES string of the molecule is CC(C)[C@@H](C(=O)N1[C@@H](C)CC[C@H]1c1nc2c(ccc3cc4c(cc32)OCc2cc(B3OC(C)(C)C(C)(C)O3)ccc2-4)[nH]1)N(C)C(=O)O. The predicted octanol–water partition coefficient (Wildman–Crippen LogP) is 6.26. The Morgan fingerprint density at radius 2 is 1.77 bits per heavy atom. The molecule has 2 fully saturated rings. The van der Waals surface area contributed by atoms with Crippen LogP contribution in [0, 0.1) is 5.92 Å². The number of carboxylic acid groups (broad SMARTS) is 1. The molecule has 4 aromatic rings. The van der Waals surface area contributed by atoms with Gasteiger partial charge in [0.05, 0.1) is 28.3 Å². The Balaban J connectivity index is 1.22. The Labute approximate surface area is 275 Å². The zero-order valence-corrected chi connectivity index (χ0v) is 28.4. The van der Waals surface area contributed by atoms with Gasteiger partial charge in [-0.05, 0) is 93.6 Å². The third-order valence-electron chi connectivity index (χ3n) is 10.8. The molecule has 2 saturated heterocycles. The van der Waals surface area contributed by atoms with E-state index in [4.69, 9.17) is 19.0 Å². The van der Waals surface area contributed by atoms with Crippen LogP contribution in [0.5, 0.6) is 5.75 Å². The summed E-state index contributed by atoms with van der Waals surface area (Å²) in [6.07, 6.45) is 0.441. The second-order valence-electron chi connectivity index (χ2n) is 14.7. The van der Waals surface area contributed by atoms with Crippen molar-refractivity contribution in [1.82, 2.24) is 19.8 Å². The molecule has 3 aliphatic heterocycles. The van der Waals surface area contributed by atoms with Gasteiger partial charge in [-0.25, -0.2) is 9.78 Å². The maximum Gasteiger partial charge on any atom is 0.494 e. The minimum Gasteiger partial charge on any atom is -0.488 e. The van der Waals surface area contributed by atoms with E-state index in [9.17, 15) is 14.7 Å². The molecule has 7 rings (SSSR count). The van der Waals surface area contributed by atoms with Gasteiger partial charge in [0, 0.05) is 24.0 Å². The number of fused-ring (bicyclic) bond motifs is 6. The van der Waals surface area contributed by atoms with E-state index in [0.717, 1.165) is 67.5 Å². The van der Waals surface area contributed by atoms with Gasteiger partial charge in [0.15, 0.2) is 0 Å². The number of ether oxygens (including phenoxy) is 1. The minimum absolute atomic E-state index is 0.0355. The number of nitrogens with one attached hydrogen (secondary N) is 1. The normalized spacial score (nSPS) is 22.0. The van der Waals surface area contributed by atoms with Crippen molar-refractivity contribution < 1.29 is 28.7 Å². The van der Waals surface area contributed by atoms with Crippen LogP contribution in [0.4, 0.5) is 4.79 Å². The van der Waals surface area contributed by atoms with E-state index in [2.05, 4.69) is 69.1 Å². The predicted molar refractivity (Wildman–Crippen MR) is 182 cm³/mol. The number of amides is 2. The van der Waals surface area contributed by atoms with E-state index >= 15 is 0 Å². The molecule has 11 heteroatoms. The first kappa shape index (κ1) is 31.5. The summed E-state index contributed by atoms with van der Waals surface area (Å²) in [5, 5.41) is 11.7. The second kappa shape index (κ2) is 11.0. The van der Waals surface area contributed by atoms with Crippen LogP contribution < -0.4 is 10.2 Å². The summed E-state index contributed by atoms with van der Waals surface area (Å²) in [5.41, 5.74) is 5.08. The molecule has 3 aliphatic rings. The highest BCUT2D eigenvalue weighted by molar-refractivity contribution is 6.62. The molecule has 246 valence electrons. The van der Waals surface area contributed by atoms with Gasteiger partial charge in [-0.3, -0.25) is 9.69 Å². The van der Waals surface area contributed by atoms with Crippen molar-refractivity contribution in [2.24, 2.45) is 5.92 Å². The zero-order chi connectivity index (χ0) is 33.6. The first-order valence-corrected chi connectivity index (χ1v) is 16.5. The number of H-pyrrole nitrogens is 1. The fourth-order valence-electron chi connectivity index (χ4n) is 7.40. The number of benzene rings is 3. The first-order chi connectivity index (χ1) is 22.2. The van der Waals surface area contributed by atoms with Crippen LogP contribution in [0.2, 0.25) is 0 Å². The van der Waals surface area contributed by atoms with Gasteiger partial charge in [-0.15, -0.1) is 0 Å². The van der Waals surface area contributed by atoms with Crippen LogP contribution in [-0.4, -0.2) is 74.3 Å². The van der Waals surface area contributed by atoms with Crippen LogP contribution in [-0.2, 0) is 20.7 Å². The topological polar surface area (TPSA) is 117 Å². The summed E-state index contributed by atoms with van der Waals surface area (Å²) in [7, 11) is 1.03. The lowest BCUT2D eigenvalue weighted by atomic mass is 9.77. The van der Waals surface area contributed by atoms with Crippen molar-refractivity contribution in [3.05, 3.63) is 53.9 Å². The third-order valence-corrected chi connectivity index (χ3v) is 10.8. The Hall–Kier alpha value is -4.09. The fourth-order valence-corrected chi connectivity index (χ4v) is 7.40. The maximum absolute atomic E-state index is 13.9. The number of carbonyl (C=O) groups excluding carboxylic acids is 1. The van der Waals surface area contributed by atoms with Crippen molar-refractivity contribution in [1.29, 1.82) is 0 Å². The minimum atomic E-state index is -1.12. The van der Waals surface area contributed by atoms with E-state index in [0.29, 0.717) is 12.4 Å². The highest BCUT2D eigenvalue weighted by atomic mass is 16.7. The molecule has 0 bridgehead atoms. The fraction of sp³-hybridized carbons (Fsp3) is 0.472. The number of hydrogen-bond donors (Lipinski definition) is 2. The molecule has 0 aliphatic carbocycles. The molecule has 2 N–H and O–H groups in total. The molecule has 0 saturated carbocycles. The van der Waals surface area contributed by atoms with Crippen LogP contribution in [0.1, 0.15) is 78.7 Å². The Kier molecular flexibility index (Phi) is 7.37. The average molecular weight is 639 g/mol. The van der Waals surface area contributed by atoms with Gasteiger partial charge in [0.2, 0.25) is 5.91 Å². The van der Waals surface area contributed by atoms with Gasteiger partial charge in [-0.2, -0.15) is 0 Å². The van der Waals surface area contributed by atoms with Gasteiger partial charge in [0.25, 0.3) is 0 Å². The number of nitrogens with zero attached hydrogens (tertiary/aromatic N) is 3. The van der Waals surface area contributed by atoms with E-state index in [-0.39, 0.29) is 23.9 Å². The number of imidazole rings is 1. The molecule has 0 unspecified atom stereocenters. The summed E-state index contributed by atoms with van der Waals surface area (Å²) >= 11 is 0. The largest absolute Gasteiger partial charge is 0.494 e. The molecular weight excluding hydrogens is 595 g/mol. The summed E-state index contributed by atoms with van der Waals surface area (Å²) in [6.45, 7) is 14.4. The number of carbonyl (C=O) groups is 2. The van der Waals surface area contributed by atoms with Crippen molar-refractivity contribution in [2.75, 3.05) is 7.05 Å². The quantitative estimate of drug-likeness (QED) is 0.248. The highest BCUT2D eigenvalue weighted by Gasteiger charge is 2.52. The van der Waals surface area contributed by atoms with Crippen LogP contribution in [0.15, 0.2) is 42.5 Å². The van der Waals surface area contributed by atoms with Crippen LogP contribution in [0.25, 0.3) is 32.9 Å². The molecule has 10 nitrogen and oxygen atoms in total. The standard InChI is InChI=1S/C36H43BN4O6/c1-19(2)31(40(8)34(43)44)33(42)41-20(3)9-14-28(41)32-38-27-13-10-21-16-26-24-12-11-23(37-46-35(4,5)36(6,7)47-37)15-22(24)18-45-29(26)17-25(21)30(27)39-32/h10-13,15-17,19-20,28,31H,9,14,18H2,1-8H3,(H,38,39)(H,43,44)/t20-,28-,31-/m0/s1. The van der Waals surface area contributed by atoms with Crippen molar-refractivity contribution >= 4 is 46.4 Å². The number of likely N-dealkylation sites (N-methyl/N-ethyl adjacent to an activating group) is 1. The van der Waals surface area contributed by atoms with Gasteiger partial charge >= 0.3 is 13.2 Å². The molecule has 2 amide bonds. The smallest absolute Gasteiger partial charge is 0.488 e. The summed E-state index contributed by atoms with van der Waals surface area (Å²) in [6, 6.07) is 13.6. The summed E-state index contributed by atoms with van der Waals surface area (Å²) in [4.78, 5) is 37.3. The van der Waals surface area contributed by atoms with Gasteiger partial charge in [-0.1, -0.05) is 38.1 Å². The molecule has 1 aromatic heterocycles. The lowest BCUT2D eigenvalue weighted by Crippen LogP contribution is -2.53. The van der Waals surface area contributed by atoms with Crippen molar-refractivity contribution in [3.8, 4) is 16.9 Å². The molecule has 4 heterocycles. The average Bonchev–Trinajstić information content (AvgIpc) is 3.68. The highest BCUT2D eigenvalue weighted by Crippen LogP contribution is 2.43. The number of likely N-dealkylation sites (tertiary alicyclic amines) is 1.